The first kappa shape index (κ1) is 5.27. The molecule has 2 aliphatic rings. The number of carbonyl (C=O) groups excluding carboxylic acids is 1. The second kappa shape index (κ2) is 1.49. The van der Waals surface area contributed by atoms with Crippen LogP contribution in [-0.4, -0.2) is 12.5 Å². The normalized spacial score (nSPS) is 30.0. The topological polar surface area (TPSA) is 29.1 Å². The van der Waals surface area contributed by atoms with E-state index < -0.39 is 0 Å². The van der Waals surface area contributed by atoms with Gasteiger partial charge in [0.25, 0.3) is 0 Å². The molecular weight excluding hydrogens is 114 g/mol. The number of rotatable bonds is 0. The molecule has 1 N–H and O–H groups in total. The fourth-order valence-electron chi connectivity index (χ4n) is 1.80. The Morgan fingerprint density at radius 1 is 1.33 bits per heavy atom. The lowest BCUT2D eigenvalue weighted by Crippen LogP contribution is -2.37. The smallest absolute Gasteiger partial charge is 0.226 e. The van der Waals surface area contributed by atoms with Gasteiger partial charge in [-0.2, -0.15) is 0 Å². The van der Waals surface area contributed by atoms with E-state index in [4.69, 9.17) is 0 Å². The molecule has 2 nitrogen and oxygen atoms in total. The average Bonchev–Trinajstić information content (AvgIpc) is 2.07. The molecule has 1 heterocycles. The van der Waals surface area contributed by atoms with Crippen molar-refractivity contribution in [3.05, 3.63) is 0 Å². The molecule has 0 radical (unpaired) electrons. The van der Waals surface area contributed by atoms with Gasteiger partial charge in [-0.3, -0.25) is 4.79 Å². The van der Waals surface area contributed by atoms with Crippen molar-refractivity contribution in [1.29, 1.82) is 0 Å². The van der Waals surface area contributed by atoms with Gasteiger partial charge in [-0.25, -0.2) is 0 Å². The second-order valence-corrected chi connectivity index (χ2v) is 3.14. The van der Waals surface area contributed by atoms with Crippen molar-refractivity contribution in [2.75, 3.05) is 6.54 Å². The van der Waals surface area contributed by atoms with Crippen LogP contribution in [0.15, 0.2) is 0 Å². The van der Waals surface area contributed by atoms with Crippen molar-refractivity contribution in [3.8, 4) is 0 Å². The number of hydrogen-bond acceptors (Lipinski definition) is 1. The van der Waals surface area contributed by atoms with Gasteiger partial charge < -0.3 is 5.32 Å². The molecule has 0 aromatic heterocycles. The summed E-state index contributed by atoms with van der Waals surface area (Å²) in [6.45, 7) is 0.916. The van der Waals surface area contributed by atoms with E-state index in [1.807, 2.05) is 0 Å². The van der Waals surface area contributed by atoms with Crippen LogP contribution >= 0.6 is 0 Å². The zero-order chi connectivity index (χ0) is 6.32. The first-order valence-corrected chi connectivity index (χ1v) is 3.62. The minimum absolute atomic E-state index is 0.125. The Balaban J connectivity index is 2.17. The Morgan fingerprint density at radius 3 is 2.33 bits per heavy atom. The van der Waals surface area contributed by atoms with Crippen molar-refractivity contribution >= 4 is 5.91 Å². The highest BCUT2D eigenvalue weighted by Crippen LogP contribution is 2.45. The molecular formula is C7H11NO. The molecule has 9 heavy (non-hydrogen) atoms. The van der Waals surface area contributed by atoms with E-state index in [2.05, 4.69) is 5.32 Å². The lowest BCUT2D eigenvalue weighted by molar-refractivity contribution is -0.131. The van der Waals surface area contributed by atoms with Crippen LogP contribution in [0.1, 0.15) is 25.7 Å². The largest absolute Gasteiger partial charge is 0.356 e. The minimum Gasteiger partial charge on any atom is -0.356 e. The van der Waals surface area contributed by atoms with Crippen molar-refractivity contribution in [1.82, 2.24) is 5.32 Å². The van der Waals surface area contributed by atoms with E-state index in [1.165, 1.54) is 6.42 Å². The Kier molecular flexibility index (Phi) is 0.875. The molecule has 1 saturated carbocycles. The van der Waals surface area contributed by atoms with Crippen molar-refractivity contribution in [2.45, 2.75) is 25.7 Å². The SMILES string of the molecule is O=C1NCCC12CCC2. The summed E-state index contributed by atoms with van der Waals surface area (Å²) in [4.78, 5) is 11.1. The predicted molar refractivity (Wildman–Crippen MR) is 33.9 cm³/mol. The first-order chi connectivity index (χ1) is 4.33. The van der Waals surface area contributed by atoms with E-state index in [1.54, 1.807) is 0 Å². The molecule has 2 rings (SSSR count). The van der Waals surface area contributed by atoms with Crippen molar-refractivity contribution in [3.63, 3.8) is 0 Å². The highest BCUT2D eigenvalue weighted by Gasteiger charge is 2.46. The van der Waals surface area contributed by atoms with Crippen LogP contribution in [0.4, 0.5) is 0 Å². The molecule has 1 aliphatic carbocycles. The zero-order valence-corrected chi connectivity index (χ0v) is 5.44. The van der Waals surface area contributed by atoms with E-state index in [9.17, 15) is 4.79 Å². The summed E-state index contributed by atoms with van der Waals surface area (Å²) in [5.74, 6) is 0.314. The molecule has 0 atom stereocenters. The first-order valence-electron chi connectivity index (χ1n) is 3.62. The lowest BCUT2D eigenvalue weighted by Gasteiger charge is -2.34. The summed E-state index contributed by atoms with van der Waals surface area (Å²) in [6, 6.07) is 0. The van der Waals surface area contributed by atoms with Crippen molar-refractivity contribution < 1.29 is 4.79 Å². The van der Waals surface area contributed by atoms with Gasteiger partial charge in [0.1, 0.15) is 0 Å². The maximum absolute atomic E-state index is 11.1. The molecule has 1 spiro atoms. The number of nitrogens with one attached hydrogen (secondary N) is 1. The fraction of sp³-hybridized carbons (Fsp3) is 0.857. The molecule has 0 bridgehead atoms. The summed E-state index contributed by atoms with van der Waals surface area (Å²) in [6.07, 6.45) is 4.62. The van der Waals surface area contributed by atoms with Gasteiger partial charge in [0.05, 0.1) is 5.41 Å². The number of carbonyl (C=O) groups is 1. The molecule has 0 aromatic rings. The van der Waals surface area contributed by atoms with Gasteiger partial charge in [-0.1, -0.05) is 6.42 Å². The van der Waals surface area contributed by atoms with E-state index in [0.717, 1.165) is 25.8 Å². The highest BCUT2D eigenvalue weighted by molar-refractivity contribution is 5.85. The third-order valence-electron chi connectivity index (χ3n) is 2.68. The summed E-state index contributed by atoms with van der Waals surface area (Å²) in [5.41, 5.74) is 0.125. The Hall–Kier alpha value is -0.530. The standard InChI is InChI=1S/C7H11NO/c9-6-7(2-1-3-7)4-5-8-6/h1-5H2,(H,8,9). The van der Waals surface area contributed by atoms with Crippen LogP contribution in [0.5, 0.6) is 0 Å². The maximum atomic E-state index is 11.1. The molecule has 2 heteroatoms. The quantitative estimate of drug-likeness (QED) is 0.506. The van der Waals surface area contributed by atoms with Crippen LogP contribution in [0, 0.1) is 5.41 Å². The third-order valence-corrected chi connectivity index (χ3v) is 2.68. The zero-order valence-electron chi connectivity index (χ0n) is 5.44. The fourth-order valence-corrected chi connectivity index (χ4v) is 1.80. The van der Waals surface area contributed by atoms with Crippen molar-refractivity contribution in [2.24, 2.45) is 5.41 Å². The summed E-state index contributed by atoms with van der Waals surface area (Å²) < 4.78 is 0. The van der Waals surface area contributed by atoms with Crippen LogP contribution in [-0.2, 0) is 4.79 Å². The van der Waals surface area contributed by atoms with E-state index in [0.29, 0.717) is 5.91 Å². The summed E-state index contributed by atoms with van der Waals surface area (Å²) in [7, 11) is 0. The molecule has 0 aromatic carbocycles. The predicted octanol–water partition coefficient (Wildman–Crippen LogP) is 0.677. The van der Waals surface area contributed by atoms with Gasteiger partial charge >= 0.3 is 0 Å². The monoisotopic (exact) mass is 125 g/mol. The average molecular weight is 125 g/mol. The van der Waals surface area contributed by atoms with Gasteiger partial charge in [-0.05, 0) is 19.3 Å². The summed E-state index contributed by atoms with van der Waals surface area (Å²) >= 11 is 0. The van der Waals surface area contributed by atoms with Crippen LogP contribution in [0.3, 0.4) is 0 Å². The Labute approximate surface area is 54.6 Å². The molecule has 1 saturated heterocycles. The van der Waals surface area contributed by atoms with Gasteiger partial charge in [0.15, 0.2) is 0 Å². The molecule has 2 fully saturated rings. The van der Waals surface area contributed by atoms with Gasteiger partial charge in [-0.15, -0.1) is 0 Å². The van der Waals surface area contributed by atoms with Gasteiger partial charge in [0.2, 0.25) is 5.91 Å². The number of hydrogen-bond donors (Lipinski definition) is 1. The molecule has 0 unspecified atom stereocenters. The van der Waals surface area contributed by atoms with E-state index in [-0.39, 0.29) is 5.41 Å². The summed E-state index contributed by atoms with van der Waals surface area (Å²) in [5, 5.41) is 2.87. The molecule has 1 amide bonds. The molecule has 50 valence electrons. The van der Waals surface area contributed by atoms with Crippen LogP contribution in [0.25, 0.3) is 0 Å². The molecule has 1 aliphatic heterocycles. The Bertz CT molecular complexity index is 149. The lowest BCUT2D eigenvalue weighted by atomic mass is 9.68. The second-order valence-electron chi connectivity index (χ2n) is 3.14. The van der Waals surface area contributed by atoms with Crippen LogP contribution < -0.4 is 5.32 Å². The third kappa shape index (κ3) is 0.533. The van der Waals surface area contributed by atoms with Crippen LogP contribution in [0.2, 0.25) is 0 Å². The van der Waals surface area contributed by atoms with E-state index >= 15 is 0 Å². The maximum Gasteiger partial charge on any atom is 0.226 e. The minimum atomic E-state index is 0.125. The number of amides is 1. The Morgan fingerprint density at radius 2 is 2.11 bits per heavy atom. The highest BCUT2D eigenvalue weighted by atomic mass is 16.2. The van der Waals surface area contributed by atoms with Gasteiger partial charge in [0, 0.05) is 6.54 Å².